The Morgan fingerprint density at radius 2 is 2.00 bits per heavy atom. The largest absolute Gasteiger partial charge is 0.465 e. The predicted molar refractivity (Wildman–Crippen MR) is 67.5 cm³/mol. The van der Waals surface area contributed by atoms with Crippen LogP contribution in [0.2, 0.25) is 0 Å². The number of carbonyl (C=O) groups excluding carboxylic acids is 1. The van der Waals surface area contributed by atoms with Crippen LogP contribution in [0.4, 0.5) is 5.69 Å². The van der Waals surface area contributed by atoms with Gasteiger partial charge in [-0.2, -0.15) is 0 Å². The highest BCUT2D eigenvalue weighted by Gasteiger charge is 2.18. The zero-order chi connectivity index (χ0) is 12.1. The van der Waals surface area contributed by atoms with Gasteiger partial charge in [0.25, 0.3) is 0 Å². The van der Waals surface area contributed by atoms with Crippen molar-refractivity contribution < 1.29 is 9.53 Å². The molecule has 1 fully saturated rings. The molecule has 2 N–H and O–H groups in total. The lowest BCUT2D eigenvalue weighted by atomic mass is 9.86. The third kappa shape index (κ3) is 3.77. The van der Waals surface area contributed by atoms with Crippen molar-refractivity contribution in [3.05, 3.63) is 29.8 Å². The molecule has 3 heteroatoms. The molecule has 0 aliphatic heterocycles. The van der Waals surface area contributed by atoms with Gasteiger partial charge >= 0.3 is 5.97 Å². The summed E-state index contributed by atoms with van der Waals surface area (Å²) in [5.74, 6) is 0.532. The molecular formula is C14H19NO2. The topological polar surface area (TPSA) is 52.3 Å². The van der Waals surface area contributed by atoms with Gasteiger partial charge in [0.05, 0.1) is 6.61 Å². The van der Waals surface area contributed by atoms with Gasteiger partial charge in [-0.1, -0.05) is 18.6 Å². The summed E-state index contributed by atoms with van der Waals surface area (Å²) in [5, 5.41) is 0. The number of carbonyl (C=O) groups is 1. The number of esters is 1. The Bertz CT molecular complexity index is 368. The lowest BCUT2D eigenvalue weighted by molar-refractivity contribution is -0.145. The molecule has 0 amide bonds. The molecule has 0 aromatic heterocycles. The standard InChI is InChI=1S/C14H19NO2/c15-13-7-4-11(5-8-13)6-9-14(16)17-10-12-2-1-3-12/h4-5,7-8,12H,1-3,6,9-10,15H2. The second kappa shape index (κ2) is 5.71. The summed E-state index contributed by atoms with van der Waals surface area (Å²) < 4.78 is 5.23. The maximum Gasteiger partial charge on any atom is 0.306 e. The molecule has 1 aromatic rings. The molecule has 0 radical (unpaired) electrons. The second-order valence-electron chi connectivity index (χ2n) is 4.72. The second-order valence-corrected chi connectivity index (χ2v) is 4.72. The summed E-state index contributed by atoms with van der Waals surface area (Å²) in [6.45, 7) is 0.612. The van der Waals surface area contributed by atoms with E-state index in [0.717, 1.165) is 17.7 Å². The van der Waals surface area contributed by atoms with Crippen LogP contribution in [0.5, 0.6) is 0 Å². The minimum atomic E-state index is -0.0891. The molecule has 1 aliphatic rings. The highest BCUT2D eigenvalue weighted by atomic mass is 16.5. The minimum Gasteiger partial charge on any atom is -0.465 e. The number of benzene rings is 1. The van der Waals surface area contributed by atoms with Crippen LogP contribution in [0, 0.1) is 5.92 Å². The van der Waals surface area contributed by atoms with E-state index >= 15 is 0 Å². The maximum atomic E-state index is 11.5. The van der Waals surface area contributed by atoms with E-state index in [4.69, 9.17) is 10.5 Å². The summed E-state index contributed by atoms with van der Waals surface area (Å²) in [6, 6.07) is 7.62. The van der Waals surface area contributed by atoms with Gasteiger partial charge in [0.15, 0.2) is 0 Å². The summed E-state index contributed by atoms with van der Waals surface area (Å²) in [6.07, 6.45) is 4.89. The molecular weight excluding hydrogens is 214 g/mol. The lowest BCUT2D eigenvalue weighted by Gasteiger charge is -2.24. The van der Waals surface area contributed by atoms with Gasteiger partial charge in [0, 0.05) is 12.1 Å². The predicted octanol–water partition coefficient (Wildman–Crippen LogP) is 2.54. The molecule has 17 heavy (non-hydrogen) atoms. The van der Waals surface area contributed by atoms with E-state index in [0.29, 0.717) is 18.9 Å². The van der Waals surface area contributed by atoms with Crippen molar-refractivity contribution in [1.82, 2.24) is 0 Å². The molecule has 0 heterocycles. The van der Waals surface area contributed by atoms with Crippen LogP contribution in [-0.4, -0.2) is 12.6 Å². The molecule has 0 spiro atoms. The van der Waals surface area contributed by atoms with E-state index in [2.05, 4.69) is 0 Å². The van der Waals surface area contributed by atoms with E-state index < -0.39 is 0 Å². The monoisotopic (exact) mass is 233 g/mol. The smallest absolute Gasteiger partial charge is 0.306 e. The van der Waals surface area contributed by atoms with Crippen LogP contribution in [0.25, 0.3) is 0 Å². The molecule has 1 saturated carbocycles. The Hall–Kier alpha value is -1.51. The van der Waals surface area contributed by atoms with Crippen molar-refractivity contribution in [3.8, 4) is 0 Å². The van der Waals surface area contributed by atoms with Gasteiger partial charge in [0.2, 0.25) is 0 Å². The quantitative estimate of drug-likeness (QED) is 0.628. The summed E-state index contributed by atoms with van der Waals surface area (Å²) in [5.41, 5.74) is 7.47. The first-order chi connectivity index (χ1) is 8.24. The fourth-order valence-corrected chi connectivity index (χ4v) is 1.87. The minimum absolute atomic E-state index is 0.0891. The average molecular weight is 233 g/mol. The normalized spacial score (nSPS) is 15.3. The van der Waals surface area contributed by atoms with Gasteiger partial charge in [-0.3, -0.25) is 4.79 Å². The summed E-state index contributed by atoms with van der Waals surface area (Å²) >= 11 is 0. The Balaban J connectivity index is 1.66. The lowest BCUT2D eigenvalue weighted by Crippen LogP contribution is -2.20. The van der Waals surface area contributed by atoms with Gasteiger partial charge in [-0.25, -0.2) is 0 Å². The first-order valence-corrected chi connectivity index (χ1v) is 6.24. The van der Waals surface area contributed by atoms with Crippen molar-refractivity contribution in [3.63, 3.8) is 0 Å². The van der Waals surface area contributed by atoms with E-state index in [9.17, 15) is 4.79 Å². The van der Waals surface area contributed by atoms with Crippen molar-refractivity contribution in [2.24, 2.45) is 5.92 Å². The Labute approximate surface area is 102 Å². The average Bonchev–Trinajstić information content (AvgIpc) is 2.26. The number of hydrogen-bond donors (Lipinski definition) is 1. The first kappa shape index (κ1) is 12.0. The van der Waals surface area contributed by atoms with E-state index in [1.165, 1.54) is 19.3 Å². The SMILES string of the molecule is Nc1ccc(CCC(=O)OCC2CCC2)cc1. The fraction of sp³-hybridized carbons (Fsp3) is 0.500. The van der Waals surface area contributed by atoms with Crippen molar-refractivity contribution in [2.75, 3.05) is 12.3 Å². The number of nitrogens with two attached hydrogens (primary N) is 1. The number of nitrogen functional groups attached to an aromatic ring is 1. The zero-order valence-electron chi connectivity index (χ0n) is 10.0. The van der Waals surface area contributed by atoms with Crippen molar-refractivity contribution >= 4 is 11.7 Å². The highest BCUT2D eigenvalue weighted by molar-refractivity contribution is 5.69. The molecule has 0 atom stereocenters. The number of aryl methyl sites for hydroxylation is 1. The zero-order valence-corrected chi connectivity index (χ0v) is 10.0. The first-order valence-electron chi connectivity index (χ1n) is 6.24. The third-order valence-corrected chi connectivity index (χ3v) is 3.30. The number of hydrogen-bond acceptors (Lipinski definition) is 3. The number of anilines is 1. The fourth-order valence-electron chi connectivity index (χ4n) is 1.87. The van der Waals surface area contributed by atoms with E-state index in [1.807, 2.05) is 24.3 Å². The van der Waals surface area contributed by atoms with Crippen LogP contribution in [0.3, 0.4) is 0 Å². The van der Waals surface area contributed by atoms with E-state index in [-0.39, 0.29) is 5.97 Å². The third-order valence-electron chi connectivity index (χ3n) is 3.30. The molecule has 0 unspecified atom stereocenters. The van der Waals surface area contributed by atoms with Gasteiger partial charge in [0.1, 0.15) is 0 Å². The Kier molecular flexibility index (Phi) is 4.02. The molecule has 0 saturated heterocycles. The van der Waals surface area contributed by atoms with Crippen molar-refractivity contribution in [2.45, 2.75) is 32.1 Å². The van der Waals surface area contributed by atoms with Crippen LogP contribution in [0.1, 0.15) is 31.2 Å². The van der Waals surface area contributed by atoms with Crippen LogP contribution < -0.4 is 5.73 Å². The van der Waals surface area contributed by atoms with E-state index in [1.54, 1.807) is 0 Å². The summed E-state index contributed by atoms with van der Waals surface area (Å²) in [7, 11) is 0. The number of rotatable bonds is 5. The van der Waals surface area contributed by atoms with Crippen LogP contribution in [0.15, 0.2) is 24.3 Å². The van der Waals surface area contributed by atoms with Gasteiger partial charge in [-0.15, -0.1) is 0 Å². The maximum absolute atomic E-state index is 11.5. The molecule has 2 rings (SSSR count). The molecule has 92 valence electrons. The molecule has 0 bridgehead atoms. The Morgan fingerprint density at radius 3 is 2.59 bits per heavy atom. The van der Waals surface area contributed by atoms with Gasteiger partial charge in [-0.05, 0) is 42.9 Å². The van der Waals surface area contributed by atoms with Gasteiger partial charge < -0.3 is 10.5 Å². The molecule has 1 aliphatic carbocycles. The Morgan fingerprint density at radius 1 is 1.29 bits per heavy atom. The highest BCUT2D eigenvalue weighted by Crippen LogP contribution is 2.26. The number of ether oxygens (including phenoxy) is 1. The van der Waals surface area contributed by atoms with Crippen LogP contribution in [-0.2, 0) is 16.0 Å². The van der Waals surface area contributed by atoms with Crippen LogP contribution >= 0.6 is 0 Å². The molecule has 1 aromatic carbocycles. The summed E-state index contributed by atoms with van der Waals surface area (Å²) in [4.78, 5) is 11.5. The molecule has 3 nitrogen and oxygen atoms in total. The van der Waals surface area contributed by atoms with Crippen molar-refractivity contribution in [1.29, 1.82) is 0 Å².